The van der Waals surface area contributed by atoms with E-state index in [1.54, 1.807) is 80.6 Å². The summed E-state index contributed by atoms with van der Waals surface area (Å²) in [6.45, 7) is 11.9. The zero-order chi connectivity index (χ0) is 99.8. The Bertz CT molecular complexity index is 6690. The Balaban J connectivity index is 0.000000151. The van der Waals surface area contributed by atoms with Gasteiger partial charge in [-0.05, 0) is 194 Å². The summed E-state index contributed by atoms with van der Waals surface area (Å²) in [5.74, 6) is 6.81. The number of aromatic nitrogens is 18. The minimum Gasteiger partial charge on any atom is -0.497 e. The average Bonchev–Trinajstić information content (AvgIpc) is 1.59. The maximum absolute atomic E-state index is 14.9. The van der Waals surface area contributed by atoms with Crippen LogP contribution in [-0.2, 0) is 40.1 Å². The first-order valence-electron chi connectivity index (χ1n) is 47.6. The van der Waals surface area contributed by atoms with E-state index in [0.717, 1.165) is 161 Å². The number of piperidine rings is 3. The molecule has 6 aromatic carbocycles. The van der Waals surface area contributed by atoms with E-state index in [9.17, 15) is 32.4 Å². The molecule has 3 aliphatic heterocycles. The fourth-order valence-corrected chi connectivity index (χ4v) is 20.4. The first-order chi connectivity index (χ1) is 68.7. The molecule has 15 aromatic rings. The number of nitrogens with one attached hydrogen (secondary N) is 4. The molecule has 0 spiro atoms. The Hall–Kier alpha value is -12.4. The maximum Gasteiger partial charge on any atom is 0.226 e. The molecule has 9 atom stereocenters. The molecule has 772 valence electrons. The molecule has 36 nitrogen and oxygen atoms in total. The van der Waals surface area contributed by atoms with E-state index in [4.69, 9.17) is 87.8 Å². The van der Waals surface area contributed by atoms with Gasteiger partial charge in [0.15, 0.2) is 69.1 Å². The number of halogens is 5. The Kier molecular flexibility index (Phi) is 34.1. The zero-order valence-electron chi connectivity index (χ0n) is 83.1. The van der Waals surface area contributed by atoms with Crippen LogP contribution >= 0.6 is 28.1 Å². The molecule has 6 unspecified atom stereocenters. The minimum absolute atomic E-state index is 0. The molecule has 3 saturated carbocycles. The second-order valence-electron chi connectivity index (χ2n) is 37.1. The van der Waals surface area contributed by atoms with Crippen molar-refractivity contribution in [3.8, 4) is 51.7 Å². The van der Waals surface area contributed by atoms with Gasteiger partial charge in [0.1, 0.15) is 34.5 Å². The summed E-state index contributed by atoms with van der Waals surface area (Å²) >= 11 is 3.60. The van der Waals surface area contributed by atoms with Gasteiger partial charge in [-0.25, -0.2) is 43.1 Å². The van der Waals surface area contributed by atoms with Crippen LogP contribution in [0.25, 0.3) is 49.7 Å². The van der Waals surface area contributed by atoms with E-state index in [1.165, 1.54) is 45.8 Å². The van der Waals surface area contributed by atoms with Crippen LogP contribution in [0.1, 0.15) is 187 Å². The van der Waals surface area contributed by atoms with Gasteiger partial charge in [0.05, 0.1) is 150 Å². The van der Waals surface area contributed by atoms with Gasteiger partial charge in [-0.15, -0.1) is 15.3 Å². The first-order valence-corrected chi connectivity index (χ1v) is 49.6. The number of nitrogens with zero attached hydrogens (tertiary/aromatic N) is 20. The molecule has 144 heavy (non-hydrogen) atoms. The van der Waals surface area contributed by atoms with E-state index in [2.05, 4.69) is 62.3 Å². The van der Waals surface area contributed by atoms with Crippen LogP contribution in [0.4, 0.5) is 46.3 Å². The van der Waals surface area contributed by atoms with Gasteiger partial charge in [-0.2, -0.15) is 32.7 Å². The van der Waals surface area contributed by atoms with E-state index in [-0.39, 0.29) is 93.1 Å². The van der Waals surface area contributed by atoms with E-state index < -0.39 is 34.3 Å². The molecule has 21 rings (SSSR count). The number of aliphatic hydroxyl groups is 3. The summed E-state index contributed by atoms with van der Waals surface area (Å²) in [4.78, 5) is 33.8. The number of benzene rings is 6. The van der Waals surface area contributed by atoms with Crippen LogP contribution in [-0.4, -0.2) is 230 Å². The molecule has 3 aliphatic carbocycles. The van der Waals surface area contributed by atoms with Gasteiger partial charge < -0.3 is 96.4 Å². The molecule has 0 radical (unpaired) electrons. The van der Waals surface area contributed by atoms with Gasteiger partial charge in [0, 0.05) is 197 Å². The summed E-state index contributed by atoms with van der Waals surface area (Å²) in [5.41, 5.74) is 5.89. The Morgan fingerprint density at radius 3 is 1.05 bits per heavy atom. The summed E-state index contributed by atoms with van der Waals surface area (Å²) in [5, 5.41) is 75.1. The normalized spacial score (nSPS) is 20.8. The molecule has 3 saturated heterocycles. The molecular formula is C101H124BrF4N24O12PdS-. The van der Waals surface area contributed by atoms with Crippen molar-refractivity contribution in [2.24, 2.45) is 0 Å². The summed E-state index contributed by atoms with van der Waals surface area (Å²) in [6.07, 6.45) is 27.1. The molecule has 43 heteroatoms. The van der Waals surface area contributed by atoms with Gasteiger partial charge in [0.25, 0.3) is 0 Å². The minimum atomic E-state index is -0.751. The summed E-state index contributed by atoms with van der Waals surface area (Å²) < 4.78 is 115. The van der Waals surface area contributed by atoms with Gasteiger partial charge in [-0.3, -0.25) is 14.0 Å². The predicted octanol–water partition coefficient (Wildman–Crippen LogP) is 17.5. The van der Waals surface area contributed by atoms with Crippen molar-refractivity contribution in [1.29, 1.82) is 0 Å². The quantitative estimate of drug-likeness (QED) is 0.0150. The third-order valence-electron chi connectivity index (χ3n) is 27.8. The number of fused-ring (bicyclic) bond motifs is 9. The number of anilines is 5. The molecular weight excluding hydrogens is 2040 g/mol. The van der Waals surface area contributed by atoms with Crippen molar-refractivity contribution in [3.63, 3.8) is 0 Å². The molecule has 12 heterocycles. The fraction of sp³-hybridized carbons (Fsp3) is 0.455. The molecule has 0 bridgehead atoms. The number of rotatable bonds is 26. The van der Waals surface area contributed by atoms with E-state index >= 15 is 0 Å². The van der Waals surface area contributed by atoms with Crippen molar-refractivity contribution < 1.29 is 95.4 Å². The van der Waals surface area contributed by atoms with Gasteiger partial charge >= 0.3 is 0 Å². The first kappa shape index (κ1) is 106. The second-order valence-corrected chi connectivity index (χ2v) is 38.3. The van der Waals surface area contributed by atoms with Crippen LogP contribution in [0.2, 0.25) is 0 Å². The van der Waals surface area contributed by atoms with Crippen molar-refractivity contribution in [1.82, 2.24) is 93.4 Å². The largest absolute Gasteiger partial charge is 0.497 e. The zero-order valence-corrected chi connectivity index (χ0v) is 87.1. The Morgan fingerprint density at radius 1 is 0.424 bits per heavy atom. The van der Waals surface area contributed by atoms with E-state index in [0.29, 0.717) is 146 Å². The number of hydrogen-bond donors (Lipinski definition) is 7. The van der Waals surface area contributed by atoms with Crippen molar-refractivity contribution in [2.75, 3.05) is 135 Å². The van der Waals surface area contributed by atoms with Crippen LogP contribution in [0, 0.1) is 24.9 Å². The molecule has 7 N–H and O–H groups in total. The standard InChI is InChI=1S/2C33H39FN8O4.C24H27FN6O3.C9H13BrN2O.CH3FS.CH3.Pd/c2*1-33(43)11-5-8-29(33)41-19-22(17-36-41)40-12-6-7-21(18-40)30-38-31-24-14-25(34)28(46-4)15-26(24)37-32(42(31)39-30)35-16-20-9-10-23(44-2)13-27(20)45-3;1-32-16-7-6-14(20(9-16)33-2)13-27-24-28-19-11-21(34-3)18(25)10-17(19)23-29-22(30-31(23)24)15-5-4-8-26-12-15;1-9(13)4-2-3-8(9)12-6-7(10)5-11-12;1-3-2;;/h2*9-10,13-15,17,19,21,29,43H,5-8,11-12,16,18H2,1-4H3,(H,35,37);6-7,9-11,15,26H,4-5,8,12-13H2,1-3H3,(H,27,28);5-6,8,13H,2-4H2,1H3;1H3;1H3;/q;;;;;-1;/t2*21-,29?,33?;15-;;;;/m111..../s1. The average molecular weight is 2160 g/mol. The van der Waals surface area contributed by atoms with Gasteiger partial charge in [-0.1, -0.05) is 0 Å². The molecule has 6 aliphatic rings. The van der Waals surface area contributed by atoms with Crippen LogP contribution in [0.15, 0.2) is 133 Å². The third-order valence-corrected chi connectivity index (χ3v) is 28.2. The number of hydrogen-bond acceptors (Lipinski definition) is 31. The van der Waals surface area contributed by atoms with Crippen molar-refractivity contribution in [2.45, 2.75) is 189 Å². The molecule has 6 fully saturated rings. The summed E-state index contributed by atoms with van der Waals surface area (Å²) in [7, 11) is 14.0. The van der Waals surface area contributed by atoms with Crippen LogP contribution < -0.4 is 73.7 Å². The Labute approximate surface area is 858 Å². The smallest absolute Gasteiger partial charge is 0.226 e. The van der Waals surface area contributed by atoms with Gasteiger partial charge in [0.2, 0.25) is 17.8 Å². The van der Waals surface area contributed by atoms with Crippen molar-refractivity contribution >= 4 is 107 Å². The molecule has 0 amide bonds. The Morgan fingerprint density at radius 2 is 0.750 bits per heavy atom. The maximum atomic E-state index is 14.9. The topological polar surface area (TPSA) is 381 Å². The van der Waals surface area contributed by atoms with E-state index in [1.807, 2.05) is 120 Å². The molecule has 9 aromatic heterocycles. The number of methoxy groups -OCH3 is 9. The predicted molar refractivity (Wildman–Crippen MR) is 544 cm³/mol. The monoisotopic (exact) mass is 2160 g/mol. The summed E-state index contributed by atoms with van der Waals surface area (Å²) in [6, 6.07) is 26.0. The van der Waals surface area contributed by atoms with Crippen LogP contribution in [0.3, 0.4) is 0 Å². The third kappa shape index (κ3) is 23.0. The second kappa shape index (κ2) is 46.3. The fourth-order valence-electron chi connectivity index (χ4n) is 20.1. The van der Waals surface area contributed by atoms with Crippen molar-refractivity contribution in [3.05, 3.63) is 192 Å². The SMILES string of the molecule is CC1(O)CCCC1n1cc(Br)cn1.COc1ccc(CNc2nc3cc(OC)c(F)cc3c3nc([C@@H]4CCCN(c5cnn(C6CCCC6(C)O)c5)C4)nn23)c(OC)c1.COc1ccc(CNc2nc3cc(OC)c(F)cc3c3nc([C@@H]4CCCN(c5cnn(C6CCCC6(C)O)c5)C4)nn23)c(OC)c1.COc1ccc(CNc2nc3cc(OC)c(F)cc3c3nc([C@@H]4CCCNC4)nn23)c(OC)c1.CSF.[CH3-].[Pd]. The van der Waals surface area contributed by atoms with Crippen LogP contribution in [0.5, 0.6) is 51.7 Å². The number of ether oxygens (including phenoxy) is 9.